The largest absolute Gasteiger partial charge is 0.363 e. The number of aromatic nitrogens is 2. The number of aryl methyl sites for hydroxylation is 3. The molecule has 0 fully saturated rings. The number of benzene rings is 1. The van der Waals surface area contributed by atoms with Crippen molar-refractivity contribution in [1.29, 1.82) is 0 Å². The van der Waals surface area contributed by atoms with Gasteiger partial charge in [0.2, 0.25) is 10.0 Å². The molecule has 0 saturated carbocycles. The molecule has 0 aliphatic rings. The van der Waals surface area contributed by atoms with Crippen molar-refractivity contribution in [3.05, 3.63) is 46.9 Å². The Balaban J connectivity index is 2.24. The van der Waals surface area contributed by atoms with Crippen molar-refractivity contribution in [2.75, 3.05) is 19.0 Å². The first-order valence-corrected chi connectivity index (χ1v) is 8.76. The summed E-state index contributed by atoms with van der Waals surface area (Å²) in [5.41, 5.74) is 2.41. The maximum atomic E-state index is 12.5. The molecule has 0 radical (unpaired) electrons. The van der Waals surface area contributed by atoms with Gasteiger partial charge < -0.3 is 4.90 Å². The summed E-state index contributed by atoms with van der Waals surface area (Å²) in [4.78, 5) is 10.8. The molecule has 1 aromatic heterocycles. The van der Waals surface area contributed by atoms with Crippen LogP contribution in [0.25, 0.3) is 0 Å². The van der Waals surface area contributed by atoms with Gasteiger partial charge >= 0.3 is 0 Å². The number of sulfonamides is 1. The second-order valence-corrected chi connectivity index (χ2v) is 7.51. The molecule has 124 valence electrons. The maximum Gasteiger partial charge on any atom is 0.241 e. The molecule has 0 amide bonds. The van der Waals surface area contributed by atoms with Crippen molar-refractivity contribution in [1.82, 2.24) is 14.7 Å². The van der Waals surface area contributed by atoms with Gasteiger partial charge in [0.1, 0.15) is 11.6 Å². The lowest BCUT2D eigenvalue weighted by molar-refractivity contribution is 0.578. The number of anilines is 1. The molecule has 0 saturated heterocycles. The lowest BCUT2D eigenvalue weighted by Gasteiger charge is -2.14. The molecule has 1 aromatic carbocycles. The molecule has 23 heavy (non-hydrogen) atoms. The van der Waals surface area contributed by atoms with E-state index in [4.69, 9.17) is 0 Å². The number of nitrogens with zero attached hydrogens (tertiary/aromatic N) is 3. The Morgan fingerprint density at radius 3 is 2.43 bits per heavy atom. The smallest absolute Gasteiger partial charge is 0.241 e. The zero-order valence-electron chi connectivity index (χ0n) is 14.1. The van der Waals surface area contributed by atoms with Crippen LogP contribution in [-0.2, 0) is 16.6 Å². The molecule has 0 aliphatic carbocycles. The van der Waals surface area contributed by atoms with E-state index in [1.54, 1.807) is 19.1 Å². The van der Waals surface area contributed by atoms with E-state index in [1.165, 1.54) is 0 Å². The third-order valence-electron chi connectivity index (χ3n) is 3.40. The molecule has 0 bridgehead atoms. The van der Waals surface area contributed by atoms with Gasteiger partial charge in [-0.1, -0.05) is 12.1 Å². The van der Waals surface area contributed by atoms with E-state index in [-0.39, 0.29) is 11.4 Å². The third-order valence-corrected chi connectivity index (χ3v) is 4.94. The monoisotopic (exact) mass is 334 g/mol. The van der Waals surface area contributed by atoms with Crippen molar-refractivity contribution < 1.29 is 8.42 Å². The van der Waals surface area contributed by atoms with Crippen molar-refractivity contribution in [3.8, 4) is 0 Å². The molecule has 0 aliphatic heterocycles. The Labute approximate surface area is 137 Å². The fourth-order valence-electron chi connectivity index (χ4n) is 2.15. The molecule has 2 rings (SSSR count). The summed E-state index contributed by atoms with van der Waals surface area (Å²) < 4.78 is 27.6. The van der Waals surface area contributed by atoms with Gasteiger partial charge in [0, 0.05) is 25.9 Å². The topological polar surface area (TPSA) is 75.2 Å². The van der Waals surface area contributed by atoms with Crippen molar-refractivity contribution in [2.24, 2.45) is 0 Å². The average molecular weight is 334 g/mol. The summed E-state index contributed by atoms with van der Waals surface area (Å²) in [7, 11) is 0.160. The molecule has 1 heterocycles. The first kappa shape index (κ1) is 17.4. The van der Waals surface area contributed by atoms with Crippen LogP contribution in [0.4, 0.5) is 5.82 Å². The summed E-state index contributed by atoms with van der Waals surface area (Å²) in [6.45, 7) is 5.56. The molecule has 2 aromatic rings. The van der Waals surface area contributed by atoms with Crippen LogP contribution in [0.2, 0.25) is 0 Å². The van der Waals surface area contributed by atoms with Gasteiger partial charge in [0.05, 0.1) is 11.4 Å². The minimum absolute atomic E-state index is 0.0538. The van der Waals surface area contributed by atoms with E-state index in [0.29, 0.717) is 11.4 Å². The van der Waals surface area contributed by atoms with Crippen molar-refractivity contribution in [3.63, 3.8) is 0 Å². The van der Waals surface area contributed by atoms with Gasteiger partial charge in [-0.3, -0.25) is 0 Å². The Bertz CT molecular complexity index is 817. The van der Waals surface area contributed by atoms with Gasteiger partial charge in [0.25, 0.3) is 0 Å². The minimum atomic E-state index is -3.60. The Morgan fingerprint density at radius 1 is 1.09 bits per heavy atom. The highest BCUT2D eigenvalue weighted by molar-refractivity contribution is 7.89. The van der Waals surface area contributed by atoms with Crippen molar-refractivity contribution in [2.45, 2.75) is 32.2 Å². The summed E-state index contributed by atoms with van der Waals surface area (Å²) in [5.74, 6) is 1.20. The summed E-state index contributed by atoms with van der Waals surface area (Å²) in [6.07, 6.45) is 0. The summed E-state index contributed by atoms with van der Waals surface area (Å²) >= 11 is 0. The average Bonchev–Trinajstić information content (AvgIpc) is 2.47. The van der Waals surface area contributed by atoms with Gasteiger partial charge in [-0.2, -0.15) is 0 Å². The van der Waals surface area contributed by atoms with Crippen molar-refractivity contribution >= 4 is 15.8 Å². The van der Waals surface area contributed by atoms with Crippen LogP contribution in [0.15, 0.2) is 29.2 Å². The molecular formula is C16H22N4O2S. The molecule has 6 nitrogen and oxygen atoms in total. The fourth-order valence-corrected chi connectivity index (χ4v) is 3.46. The first-order chi connectivity index (χ1) is 10.7. The predicted molar refractivity (Wildman–Crippen MR) is 91.0 cm³/mol. The number of nitrogens with one attached hydrogen (secondary N) is 1. The van der Waals surface area contributed by atoms with Crippen LogP contribution in [0.3, 0.4) is 0 Å². The quantitative estimate of drug-likeness (QED) is 0.904. The van der Waals surface area contributed by atoms with Gasteiger partial charge in [-0.15, -0.1) is 0 Å². The number of hydrogen-bond donors (Lipinski definition) is 1. The molecule has 0 spiro atoms. The van der Waals surface area contributed by atoms with E-state index in [9.17, 15) is 8.42 Å². The van der Waals surface area contributed by atoms with Gasteiger partial charge in [0.15, 0.2) is 0 Å². The van der Waals surface area contributed by atoms with Gasteiger partial charge in [-0.05, 0) is 38.0 Å². The lowest BCUT2D eigenvalue weighted by atomic mass is 10.2. The Kier molecular flexibility index (Phi) is 5.01. The molecular weight excluding hydrogens is 312 g/mol. The lowest BCUT2D eigenvalue weighted by Crippen LogP contribution is -2.25. The maximum absolute atomic E-state index is 12.5. The normalized spacial score (nSPS) is 11.5. The highest BCUT2D eigenvalue weighted by Crippen LogP contribution is 2.17. The minimum Gasteiger partial charge on any atom is -0.363 e. The zero-order valence-corrected chi connectivity index (χ0v) is 14.9. The van der Waals surface area contributed by atoms with Crippen LogP contribution >= 0.6 is 0 Å². The van der Waals surface area contributed by atoms with Gasteiger partial charge in [-0.25, -0.2) is 23.1 Å². The first-order valence-electron chi connectivity index (χ1n) is 7.28. The van der Waals surface area contributed by atoms with E-state index in [1.807, 2.05) is 45.0 Å². The Hall–Kier alpha value is -1.99. The summed E-state index contributed by atoms with van der Waals surface area (Å²) in [5, 5.41) is 0. The Morgan fingerprint density at radius 2 is 1.78 bits per heavy atom. The zero-order chi connectivity index (χ0) is 17.2. The summed E-state index contributed by atoms with van der Waals surface area (Å²) in [6, 6.07) is 7.21. The molecule has 7 heteroatoms. The van der Waals surface area contributed by atoms with Crippen LogP contribution in [0, 0.1) is 20.8 Å². The standard InChI is InChI=1S/C16H22N4O2S/c1-11-6-7-12(2)14(8-11)23(21,22)17-10-15-18-13(3)9-16(19-15)20(4)5/h6-9,17H,10H2,1-5H3. The molecule has 0 unspecified atom stereocenters. The van der Waals surface area contributed by atoms with Crippen LogP contribution < -0.4 is 9.62 Å². The highest BCUT2D eigenvalue weighted by atomic mass is 32.2. The molecule has 0 atom stereocenters. The third kappa shape index (κ3) is 4.27. The predicted octanol–water partition coefficient (Wildman–Crippen LogP) is 1.95. The van der Waals surface area contributed by atoms with E-state index in [0.717, 1.165) is 17.1 Å². The number of rotatable bonds is 5. The van der Waals surface area contributed by atoms with Crippen LogP contribution in [0.1, 0.15) is 22.6 Å². The number of hydrogen-bond acceptors (Lipinski definition) is 5. The second kappa shape index (κ2) is 6.64. The SMILES string of the molecule is Cc1ccc(C)c(S(=O)(=O)NCc2nc(C)cc(N(C)C)n2)c1. The van der Waals surface area contributed by atoms with E-state index < -0.39 is 10.0 Å². The van der Waals surface area contributed by atoms with Crippen LogP contribution in [-0.4, -0.2) is 32.5 Å². The van der Waals surface area contributed by atoms with E-state index >= 15 is 0 Å². The van der Waals surface area contributed by atoms with Crippen LogP contribution in [0.5, 0.6) is 0 Å². The fraction of sp³-hybridized carbons (Fsp3) is 0.375. The highest BCUT2D eigenvalue weighted by Gasteiger charge is 2.17. The van der Waals surface area contributed by atoms with E-state index in [2.05, 4.69) is 14.7 Å². The second-order valence-electron chi connectivity index (χ2n) is 5.77. The molecule has 1 N–H and O–H groups in total.